The molecule has 1 aromatic carbocycles. The van der Waals surface area contributed by atoms with E-state index in [0.29, 0.717) is 6.54 Å². The second-order valence-electron chi connectivity index (χ2n) is 5.95. The summed E-state index contributed by atoms with van der Waals surface area (Å²) in [5, 5.41) is 6.62. The van der Waals surface area contributed by atoms with Crippen LogP contribution >= 0.6 is 24.0 Å². The molecule has 5 nitrogen and oxygen atoms in total. The van der Waals surface area contributed by atoms with E-state index in [0.717, 1.165) is 37.7 Å². The summed E-state index contributed by atoms with van der Waals surface area (Å²) in [7, 11) is 1.77. The summed E-state index contributed by atoms with van der Waals surface area (Å²) in [6.45, 7) is 6.48. The summed E-state index contributed by atoms with van der Waals surface area (Å²) in [6, 6.07) is 9.84. The molecular formula is C17H28IN3O2. The highest BCUT2D eigenvalue weighted by atomic mass is 127. The van der Waals surface area contributed by atoms with Gasteiger partial charge in [0.2, 0.25) is 0 Å². The molecule has 0 radical (unpaired) electrons. The van der Waals surface area contributed by atoms with Crippen molar-refractivity contribution in [3.63, 3.8) is 0 Å². The third-order valence-corrected chi connectivity index (χ3v) is 3.79. The highest BCUT2D eigenvalue weighted by Crippen LogP contribution is 2.23. The van der Waals surface area contributed by atoms with Gasteiger partial charge in [0, 0.05) is 20.2 Å². The predicted octanol–water partition coefficient (Wildman–Crippen LogP) is 2.81. The van der Waals surface area contributed by atoms with Crippen molar-refractivity contribution >= 4 is 29.9 Å². The second kappa shape index (κ2) is 9.97. The molecule has 130 valence electrons. The fraction of sp³-hybridized carbons (Fsp3) is 0.588. The molecule has 0 bridgehead atoms. The fourth-order valence-electron chi connectivity index (χ4n) is 2.48. The minimum absolute atomic E-state index is 0. The van der Waals surface area contributed by atoms with Gasteiger partial charge in [0.05, 0.1) is 12.1 Å². The quantitative estimate of drug-likeness (QED) is 0.412. The minimum atomic E-state index is -0.0796. The lowest BCUT2D eigenvalue weighted by Crippen LogP contribution is -2.47. The van der Waals surface area contributed by atoms with Gasteiger partial charge in [-0.1, -0.05) is 18.2 Å². The molecule has 6 heteroatoms. The van der Waals surface area contributed by atoms with Gasteiger partial charge in [-0.05, 0) is 38.8 Å². The van der Waals surface area contributed by atoms with Crippen LogP contribution in [0.25, 0.3) is 0 Å². The zero-order chi connectivity index (χ0) is 15.8. The van der Waals surface area contributed by atoms with Crippen molar-refractivity contribution < 1.29 is 9.47 Å². The van der Waals surface area contributed by atoms with Crippen LogP contribution in [-0.2, 0) is 4.74 Å². The Morgan fingerprint density at radius 1 is 1.35 bits per heavy atom. The maximum atomic E-state index is 5.84. The van der Waals surface area contributed by atoms with Crippen LogP contribution in [0.15, 0.2) is 35.3 Å². The van der Waals surface area contributed by atoms with Gasteiger partial charge in [0.15, 0.2) is 5.96 Å². The summed E-state index contributed by atoms with van der Waals surface area (Å²) in [5.41, 5.74) is -0.0796. The van der Waals surface area contributed by atoms with Crippen molar-refractivity contribution in [1.82, 2.24) is 10.6 Å². The average molecular weight is 433 g/mol. The molecule has 1 saturated heterocycles. The smallest absolute Gasteiger partial charge is 0.191 e. The molecule has 1 heterocycles. The number of rotatable bonds is 6. The molecule has 2 N–H and O–H groups in total. The summed E-state index contributed by atoms with van der Waals surface area (Å²) < 4.78 is 11.6. The fourth-order valence-corrected chi connectivity index (χ4v) is 2.48. The Labute approximate surface area is 156 Å². The molecule has 0 aliphatic carbocycles. The Kier molecular flexibility index (Phi) is 8.68. The lowest BCUT2D eigenvalue weighted by Gasteiger charge is -2.25. The largest absolute Gasteiger partial charge is 0.489 e. The van der Waals surface area contributed by atoms with Crippen LogP contribution in [0.2, 0.25) is 0 Å². The second-order valence-corrected chi connectivity index (χ2v) is 5.95. The van der Waals surface area contributed by atoms with E-state index in [1.807, 2.05) is 37.3 Å². The van der Waals surface area contributed by atoms with Crippen LogP contribution in [0.3, 0.4) is 0 Å². The zero-order valence-corrected chi connectivity index (χ0v) is 16.5. The number of aliphatic imine (C=N–C) groups is 1. The van der Waals surface area contributed by atoms with Crippen molar-refractivity contribution in [3.8, 4) is 5.75 Å². The molecule has 23 heavy (non-hydrogen) atoms. The normalized spacial score (nSPS) is 22.1. The number of hydrogen-bond acceptors (Lipinski definition) is 3. The van der Waals surface area contributed by atoms with Crippen LogP contribution < -0.4 is 15.4 Å². The number of guanidine groups is 1. The molecule has 2 unspecified atom stereocenters. The van der Waals surface area contributed by atoms with Gasteiger partial charge in [-0.15, -0.1) is 24.0 Å². The first kappa shape index (κ1) is 20.0. The van der Waals surface area contributed by atoms with Gasteiger partial charge in [-0.25, -0.2) is 0 Å². The van der Waals surface area contributed by atoms with Gasteiger partial charge in [0.25, 0.3) is 0 Å². The van der Waals surface area contributed by atoms with Crippen LogP contribution in [0, 0.1) is 0 Å². The lowest BCUT2D eigenvalue weighted by atomic mass is 10.0. The topological polar surface area (TPSA) is 54.9 Å². The molecule has 2 atom stereocenters. The van der Waals surface area contributed by atoms with E-state index in [4.69, 9.17) is 9.47 Å². The molecule has 0 saturated carbocycles. The molecule has 1 aliphatic rings. The Hall–Kier alpha value is -1.02. The van der Waals surface area contributed by atoms with Crippen molar-refractivity contribution in [1.29, 1.82) is 0 Å². The van der Waals surface area contributed by atoms with E-state index in [1.54, 1.807) is 7.05 Å². The summed E-state index contributed by atoms with van der Waals surface area (Å²) in [6.07, 6.45) is 2.27. The number of nitrogens with zero attached hydrogens (tertiary/aromatic N) is 1. The molecule has 2 rings (SSSR count). The number of benzene rings is 1. The van der Waals surface area contributed by atoms with Gasteiger partial charge in [0.1, 0.15) is 11.9 Å². The first-order valence-electron chi connectivity index (χ1n) is 7.91. The molecular weight excluding hydrogens is 405 g/mol. The lowest BCUT2D eigenvalue weighted by molar-refractivity contribution is 0.0242. The van der Waals surface area contributed by atoms with Crippen LogP contribution in [0.5, 0.6) is 5.75 Å². The first-order chi connectivity index (χ1) is 10.6. The molecule has 1 aliphatic heterocycles. The van der Waals surface area contributed by atoms with E-state index in [1.165, 1.54) is 0 Å². The third kappa shape index (κ3) is 6.95. The number of halogens is 1. The van der Waals surface area contributed by atoms with E-state index in [-0.39, 0.29) is 35.7 Å². The van der Waals surface area contributed by atoms with E-state index in [2.05, 4.69) is 22.5 Å². The first-order valence-corrected chi connectivity index (χ1v) is 7.91. The molecule has 1 aromatic rings. The Bertz CT molecular complexity index is 476. The highest BCUT2D eigenvalue weighted by Gasteiger charge is 2.29. The zero-order valence-electron chi connectivity index (χ0n) is 14.2. The Morgan fingerprint density at radius 3 is 2.70 bits per heavy atom. The van der Waals surface area contributed by atoms with Gasteiger partial charge < -0.3 is 20.1 Å². The number of ether oxygens (including phenoxy) is 2. The van der Waals surface area contributed by atoms with E-state index in [9.17, 15) is 0 Å². The van der Waals surface area contributed by atoms with Crippen molar-refractivity contribution in [2.75, 3.05) is 26.7 Å². The minimum Gasteiger partial charge on any atom is -0.489 e. The standard InChI is InChI=1S/C17H27N3O2.HI/c1-14(22-15-8-5-4-6-9-15)12-19-16(18-3)20-13-17(2)10-7-11-21-17;/h4-6,8-9,14H,7,10-13H2,1-3H3,(H2,18,19,20);1H. The highest BCUT2D eigenvalue weighted by molar-refractivity contribution is 14.0. The Balaban J connectivity index is 0.00000264. The van der Waals surface area contributed by atoms with Crippen molar-refractivity contribution in [2.45, 2.75) is 38.4 Å². The number of para-hydroxylation sites is 1. The summed E-state index contributed by atoms with van der Waals surface area (Å²) in [4.78, 5) is 4.24. The van der Waals surface area contributed by atoms with Crippen LogP contribution in [-0.4, -0.2) is 44.4 Å². The van der Waals surface area contributed by atoms with Crippen LogP contribution in [0.4, 0.5) is 0 Å². The maximum Gasteiger partial charge on any atom is 0.191 e. The summed E-state index contributed by atoms with van der Waals surface area (Å²) >= 11 is 0. The van der Waals surface area contributed by atoms with Gasteiger partial charge in [-0.3, -0.25) is 4.99 Å². The predicted molar refractivity (Wildman–Crippen MR) is 105 cm³/mol. The van der Waals surface area contributed by atoms with Gasteiger partial charge in [-0.2, -0.15) is 0 Å². The van der Waals surface area contributed by atoms with Crippen molar-refractivity contribution in [3.05, 3.63) is 30.3 Å². The van der Waals surface area contributed by atoms with E-state index < -0.39 is 0 Å². The third-order valence-electron chi connectivity index (χ3n) is 3.79. The van der Waals surface area contributed by atoms with Crippen molar-refractivity contribution in [2.24, 2.45) is 4.99 Å². The molecule has 0 spiro atoms. The molecule has 0 amide bonds. The SMILES string of the molecule is CN=C(NCC(C)Oc1ccccc1)NCC1(C)CCCO1.I. The average Bonchev–Trinajstić information content (AvgIpc) is 2.95. The summed E-state index contributed by atoms with van der Waals surface area (Å²) in [5.74, 6) is 1.66. The maximum absolute atomic E-state index is 5.84. The molecule has 1 fully saturated rings. The van der Waals surface area contributed by atoms with E-state index >= 15 is 0 Å². The van der Waals surface area contributed by atoms with Crippen LogP contribution in [0.1, 0.15) is 26.7 Å². The Morgan fingerprint density at radius 2 is 2.09 bits per heavy atom. The number of nitrogens with one attached hydrogen (secondary N) is 2. The van der Waals surface area contributed by atoms with Gasteiger partial charge >= 0.3 is 0 Å². The monoisotopic (exact) mass is 433 g/mol. The number of hydrogen-bond donors (Lipinski definition) is 2. The molecule has 0 aromatic heterocycles.